The van der Waals surface area contributed by atoms with E-state index in [1.807, 2.05) is 30.3 Å². The molecule has 0 fully saturated rings. The standard InChI is InChI=1S/C10H10O4.C10H10O2/c1-13-9(11)7-5-3-4-6-8(7)10(12)14-2;1-12-10(11)8-7-9-5-3-2-4-6-9/h3-6H,1-2H3;2-8H,1H3/b;8-7+. The summed E-state index contributed by atoms with van der Waals surface area (Å²) in [6.07, 6.45) is 3.11. The van der Waals surface area contributed by atoms with Gasteiger partial charge in [-0.2, -0.15) is 0 Å². The third kappa shape index (κ3) is 6.60. The van der Waals surface area contributed by atoms with Gasteiger partial charge in [0.05, 0.1) is 32.5 Å². The summed E-state index contributed by atoms with van der Waals surface area (Å²) >= 11 is 0. The molecule has 0 amide bonds. The van der Waals surface area contributed by atoms with Gasteiger partial charge in [0.25, 0.3) is 0 Å². The van der Waals surface area contributed by atoms with Crippen LogP contribution in [0.25, 0.3) is 6.08 Å². The molecule has 0 heterocycles. The van der Waals surface area contributed by atoms with Crippen molar-refractivity contribution in [3.05, 3.63) is 77.4 Å². The molecule has 0 unspecified atom stereocenters. The second-order valence-electron chi connectivity index (χ2n) is 4.80. The number of benzene rings is 2. The second kappa shape index (κ2) is 11.2. The number of methoxy groups -OCH3 is 3. The zero-order chi connectivity index (χ0) is 19.4. The van der Waals surface area contributed by atoms with Crippen molar-refractivity contribution in [1.29, 1.82) is 0 Å². The summed E-state index contributed by atoms with van der Waals surface area (Å²) in [5, 5.41) is 0. The molecule has 0 atom stereocenters. The molecule has 2 aromatic carbocycles. The molecule has 6 nitrogen and oxygen atoms in total. The van der Waals surface area contributed by atoms with Gasteiger partial charge < -0.3 is 14.2 Å². The fourth-order valence-electron chi connectivity index (χ4n) is 1.86. The van der Waals surface area contributed by atoms with Gasteiger partial charge in [-0.25, -0.2) is 14.4 Å². The predicted octanol–water partition coefficient (Wildman–Crippen LogP) is 3.13. The van der Waals surface area contributed by atoms with Gasteiger partial charge in [-0.05, 0) is 23.8 Å². The molecule has 136 valence electrons. The van der Waals surface area contributed by atoms with E-state index in [4.69, 9.17) is 0 Å². The molecule has 0 aliphatic carbocycles. The highest BCUT2D eigenvalue weighted by Gasteiger charge is 2.16. The molecule has 0 N–H and O–H groups in total. The van der Waals surface area contributed by atoms with Crippen LogP contribution in [0.3, 0.4) is 0 Å². The van der Waals surface area contributed by atoms with E-state index < -0.39 is 11.9 Å². The number of carbonyl (C=O) groups excluding carboxylic acids is 3. The molecule has 0 aliphatic rings. The topological polar surface area (TPSA) is 78.9 Å². The van der Waals surface area contributed by atoms with E-state index in [0.717, 1.165) is 5.56 Å². The Hall–Kier alpha value is -3.41. The first kappa shape index (κ1) is 20.6. The third-order valence-electron chi connectivity index (χ3n) is 3.15. The average molecular weight is 356 g/mol. The molecule has 0 aromatic heterocycles. The lowest BCUT2D eigenvalue weighted by atomic mass is 10.1. The molecule has 0 spiro atoms. The first-order valence-electron chi connectivity index (χ1n) is 7.60. The highest BCUT2D eigenvalue weighted by Crippen LogP contribution is 2.10. The van der Waals surface area contributed by atoms with Crippen LogP contribution in [0.4, 0.5) is 0 Å². The number of hydrogen-bond donors (Lipinski definition) is 0. The highest BCUT2D eigenvalue weighted by atomic mass is 16.5. The van der Waals surface area contributed by atoms with Crippen LogP contribution in [-0.4, -0.2) is 39.2 Å². The van der Waals surface area contributed by atoms with Crippen molar-refractivity contribution in [2.24, 2.45) is 0 Å². The van der Waals surface area contributed by atoms with Crippen molar-refractivity contribution in [2.75, 3.05) is 21.3 Å². The van der Waals surface area contributed by atoms with Gasteiger partial charge in [0.15, 0.2) is 0 Å². The maximum Gasteiger partial charge on any atom is 0.338 e. The van der Waals surface area contributed by atoms with E-state index in [1.165, 1.54) is 39.5 Å². The molecular weight excluding hydrogens is 336 g/mol. The summed E-state index contributed by atoms with van der Waals surface area (Å²) in [5.74, 6) is -1.43. The first-order valence-corrected chi connectivity index (χ1v) is 7.60. The molecule has 0 aliphatic heterocycles. The molecule has 2 aromatic rings. The van der Waals surface area contributed by atoms with Crippen LogP contribution in [0.5, 0.6) is 0 Å². The number of ether oxygens (including phenoxy) is 3. The van der Waals surface area contributed by atoms with Crippen LogP contribution in [0.1, 0.15) is 26.3 Å². The largest absolute Gasteiger partial charge is 0.466 e. The quantitative estimate of drug-likeness (QED) is 0.476. The Bertz CT molecular complexity index is 730. The van der Waals surface area contributed by atoms with E-state index in [0.29, 0.717) is 0 Å². The van der Waals surface area contributed by atoms with Gasteiger partial charge in [0.2, 0.25) is 0 Å². The van der Waals surface area contributed by atoms with Crippen LogP contribution in [0.15, 0.2) is 60.7 Å². The van der Waals surface area contributed by atoms with E-state index in [2.05, 4.69) is 14.2 Å². The van der Waals surface area contributed by atoms with Gasteiger partial charge in [-0.3, -0.25) is 0 Å². The maximum absolute atomic E-state index is 11.2. The van der Waals surface area contributed by atoms with Gasteiger partial charge in [-0.1, -0.05) is 42.5 Å². The summed E-state index contributed by atoms with van der Waals surface area (Å²) in [6, 6.07) is 15.9. The van der Waals surface area contributed by atoms with Crippen molar-refractivity contribution in [2.45, 2.75) is 0 Å². The number of hydrogen-bond acceptors (Lipinski definition) is 6. The second-order valence-corrected chi connectivity index (χ2v) is 4.80. The molecule has 0 radical (unpaired) electrons. The molecule has 26 heavy (non-hydrogen) atoms. The summed E-state index contributed by atoms with van der Waals surface area (Å²) in [7, 11) is 3.88. The lowest BCUT2D eigenvalue weighted by Crippen LogP contribution is -2.11. The summed E-state index contributed by atoms with van der Waals surface area (Å²) in [5.41, 5.74) is 1.41. The fraction of sp³-hybridized carbons (Fsp3) is 0.150. The van der Waals surface area contributed by atoms with E-state index in [-0.39, 0.29) is 17.1 Å². The van der Waals surface area contributed by atoms with Gasteiger partial charge in [0, 0.05) is 6.08 Å². The van der Waals surface area contributed by atoms with E-state index in [9.17, 15) is 14.4 Å². The maximum atomic E-state index is 11.2. The Morgan fingerprint density at radius 3 is 1.58 bits per heavy atom. The van der Waals surface area contributed by atoms with Crippen LogP contribution in [-0.2, 0) is 19.0 Å². The van der Waals surface area contributed by atoms with Crippen molar-refractivity contribution >= 4 is 24.0 Å². The van der Waals surface area contributed by atoms with E-state index >= 15 is 0 Å². The van der Waals surface area contributed by atoms with Crippen LogP contribution in [0.2, 0.25) is 0 Å². The predicted molar refractivity (Wildman–Crippen MR) is 96.6 cm³/mol. The number of carbonyl (C=O) groups is 3. The Morgan fingerprint density at radius 1 is 0.692 bits per heavy atom. The lowest BCUT2D eigenvalue weighted by Gasteiger charge is -2.04. The molecular formula is C20H20O6. The minimum Gasteiger partial charge on any atom is -0.466 e. The molecule has 2 rings (SSSR count). The van der Waals surface area contributed by atoms with Crippen molar-refractivity contribution in [3.63, 3.8) is 0 Å². The highest BCUT2D eigenvalue weighted by molar-refractivity contribution is 6.03. The van der Waals surface area contributed by atoms with Gasteiger partial charge in [-0.15, -0.1) is 0 Å². The smallest absolute Gasteiger partial charge is 0.338 e. The van der Waals surface area contributed by atoms with Crippen molar-refractivity contribution in [1.82, 2.24) is 0 Å². The molecule has 0 bridgehead atoms. The van der Waals surface area contributed by atoms with Gasteiger partial charge in [0.1, 0.15) is 0 Å². The summed E-state index contributed by atoms with van der Waals surface area (Å²) in [6.45, 7) is 0. The van der Waals surface area contributed by atoms with Crippen molar-refractivity contribution < 1.29 is 28.6 Å². The Balaban J connectivity index is 0.000000263. The molecule has 6 heteroatoms. The Kier molecular flexibility index (Phi) is 8.89. The zero-order valence-electron chi connectivity index (χ0n) is 14.8. The van der Waals surface area contributed by atoms with Crippen molar-refractivity contribution in [3.8, 4) is 0 Å². The minimum atomic E-state index is -0.550. The summed E-state index contributed by atoms with van der Waals surface area (Å²) < 4.78 is 13.5. The minimum absolute atomic E-state index is 0.210. The molecule has 0 saturated carbocycles. The number of esters is 3. The van der Waals surface area contributed by atoms with Crippen LogP contribution < -0.4 is 0 Å². The fourth-order valence-corrected chi connectivity index (χ4v) is 1.86. The average Bonchev–Trinajstić information content (AvgIpc) is 2.72. The third-order valence-corrected chi connectivity index (χ3v) is 3.15. The van der Waals surface area contributed by atoms with E-state index in [1.54, 1.807) is 18.2 Å². The van der Waals surface area contributed by atoms with Crippen LogP contribution >= 0.6 is 0 Å². The SMILES string of the molecule is COC(=O)/C=C/c1ccccc1.COC(=O)c1ccccc1C(=O)OC. The summed E-state index contributed by atoms with van der Waals surface area (Å²) in [4.78, 5) is 33.1. The normalized spacial score (nSPS) is 9.65. The number of rotatable bonds is 4. The Labute approximate surface area is 152 Å². The zero-order valence-corrected chi connectivity index (χ0v) is 14.8. The first-order chi connectivity index (χ1) is 12.5. The van der Waals surface area contributed by atoms with Crippen LogP contribution in [0, 0.1) is 0 Å². The monoisotopic (exact) mass is 356 g/mol. The lowest BCUT2D eigenvalue weighted by molar-refractivity contribution is -0.134. The van der Waals surface area contributed by atoms with Gasteiger partial charge >= 0.3 is 17.9 Å². The molecule has 0 saturated heterocycles. The Morgan fingerprint density at radius 2 is 1.15 bits per heavy atom.